The van der Waals surface area contributed by atoms with Crippen LogP contribution >= 0.6 is 0 Å². The maximum Gasteiger partial charge on any atom is 0.409 e. The number of rotatable bonds is 3. The average Bonchev–Trinajstić information content (AvgIpc) is 3.06. The van der Waals surface area contributed by atoms with Crippen LogP contribution in [0.15, 0.2) is 22.1 Å². The Labute approximate surface area is 156 Å². The highest BCUT2D eigenvalue weighted by Gasteiger charge is 2.53. The summed E-state index contributed by atoms with van der Waals surface area (Å²) in [4.78, 5) is 31.3. The van der Waals surface area contributed by atoms with Gasteiger partial charge in [0.15, 0.2) is 6.23 Å². The fourth-order valence-corrected chi connectivity index (χ4v) is 3.53. The fourth-order valence-electron chi connectivity index (χ4n) is 3.53. The molecule has 2 aromatic heterocycles. The van der Waals surface area contributed by atoms with Crippen LogP contribution in [-0.4, -0.2) is 66.8 Å². The maximum atomic E-state index is 12.0. The summed E-state index contributed by atoms with van der Waals surface area (Å²) in [5, 5.41) is 45.0. The Kier molecular flexibility index (Phi) is 4.08. The summed E-state index contributed by atoms with van der Waals surface area (Å²) in [6.07, 6.45) is -2.19. The molecule has 148 valence electrons. The molecule has 0 saturated carbocycles. The lowest BCUT2D eigenvalue weighted by Gasteiger charge is -2.28. The first kappa shape index (κ1) is 18.3. The van der Waals surface area contributed by atoms with Gasteiger partial charge in [-0.3, -0.25) is 10.1 Å². The number of aliphatic hydroxyl groups is 3. The van der Waals surface area contributed by atoms with Gasteiger partial charge in [0.25, 0.3) is 5.56 Å². The van der Waals surface area contributed by atoms with Crippen molar-refractivity contribution in [1.29, 1.82) is 0 Å². The van der Waals surface area contributed by atoms with Crippen LogP contribution in [-0.2, 0) is 4.74 Å². The number of carboxylic acid groups (broad SMARTS) is 1. The van der Waals surface area contributed by atoms with E-state index in [1.807, 2.05) is 0 Å². The van der Waals surface area contributed by atoms with Crippen molar-refractivity contribution >= 4 is 40.5 Å². The van der Waals surface area contributed by atoms with Gasteiger partial charge in [-0.25, -0.2) is 9.79 Å². The maximum absolute atomic E-state index is 12.0. The Morgan fingerprint density at radius 2 is 2.25 bits per heavy atom. The second-order valence-electron chi connectivity index (χ2n) is 6.72. The van der Waals surface area contributed by atoms with Crippen LogP contribution in [0.2, 0.25) is 0 Å². The summed E-state index contributed by atoms with van der Waals surface area (Å²) in [7, 11) is 0. The number of nitrogens with one attached hydrogen (secondary N) is 2. The van der Waals surface area contributed by atoms with Crippen LogP contribution in [0.25, 0.3) is 10.8 Å². The minimum atomic E-state index is -1.78. The zero-order valence-corrected chi connectivity index (χ0v) is 14.5. The van der Waals surface area contributed by atoms with E-state index in [4.69, 9.17) is 9.84 Å². The number of hydrogen-bond donors (Lipinski definition) is 6. The smallest absolute Gasteiger partial charge is 0.409 e. The fraction of sp³-hybridized carbons (Fsp3) is 0.375. The minimum absolute atomic E-state index is 0.0259. The van der Waals surface area contributed by atoms with Crippen molar-refractivity contribution in [2.75, 3.05) is 17.2 Å². The molecule has 2 aromatic rings. The van der Waals surface area contributed by atoms with Crippen LogP contribution in [0.1, 0.15) is 13.2 Å². The summed E-state index contributed by atoms with van der Waals surface area (Å²) < 4.78 is 7.03. The van der Waals surface area contributed by atoms with Gasteiger partial charge >= 0.3 is 6.09 Å². The molecule has 0 bridgehead atoms. The molecule has 0 aliphatic carbocycles. The van der Waals surface area contributed by atoms with Crippen molar-refractivity contribution in [3.8, 4) is 0 Å². The van der Waals surface area contributed by atoms with E-state index in [9.17, 15) is 24.9 Å². The van der Waals surface area contributed by atoms with Gasteiger partial charge in [0.2, 0.25) is 0 Å². The topological polar surface area (TPSA) is 179 Å². The zero-order valence-electron chi connectivity index (χ0n) is 14.5. The average molecular weight is 391 g/mol. The number of aromatic nitrogens is 2. The molecular formula is C16H17N5O7. The molecule has 2 aliphatic heterocycles. The van der Waals surface area contributed by atoms with Gasteiger partial charge in [-0.2, -0.15) is 4.98 Å². The van der Waals surface area contributed by atoms with Crippen LogP contribution in [0.5, 0.6) is 0 Å². The van der Waals surface area contributed by atoms with Crippen LogP contribution < -0.4 is 16.2 Å². The molecule has 1 saturated heterocycles. The zero-order chi connectivity index (χ0) is 20.2. The normalized spacial score (nSPS) is 28.4. The highest BCUT2D eigenvalue weighted by Crippen LogP contribution is 2.45. The van der Waals surface area contributed by atoms with Gasteiger partial charge in [0.05, 0.1) is 24.0 Å². The number of aliphatic imine (C=N–C) groups is 1. The predicted molar refractivity (Wildman–Crippen MR) is 97.1 cm³/mol. The monoisotopic (exact) mass is 391 g/mol. The molecule has 28 heavy (non-hydrogen) atoms. The third-order valence-electron chi connectivity index (χ3n) is 4.84. The molecular weight excluding hydrogens is 374 g/mol. The molecule has 1 fully saturated rings. The van der Waals surface area contributed by atoms with Crippen molar-refractivity contribution in [2.45, 2.75) is 31.0 Å². The first-order valence-electron chi connectivity index (χ1n) is 8.29. The molecule has 4 heterocycles. The van der Waals surface area contributed by atoms with E-state index in [2.05, 4.69) is 20.6 Å². The summed E-state index contributed by atoms with van der Waals surface area (Å²) in [5.74, 6) is 0.385. The second kappa shape index (κ2) is 6.24. The Hall–Kier alpha value is -3.06. The third-order valence-corrected chi connectivity index (χ3v) is 4.84. The van der Waals surface area contributed by atoms with E-state index in [1.165, 1.54) is 24.0 Å². The molecule has 6 N–H and O–H groups in total. The summed E-state index contributed by atoms with van der Waals surface area (Å²) >= 11 is 0. The van der Waals surface area contributed by atoms with E-state index < -0.39 is 42.3 Å². The molecule has 0 radical (unpaired) electrons. The SMILES string of the molecule is CC1(O)C(O)C(CO)OC1n1cc2c(NC(=O)O)cc(=O)nc3c2c1N=CN3. The van der Waals surface area contributed by atoms with Gasteiger partial charge in [-0.05, 0) is 6.92 Å². The Bertz CT molecular complexity index is 1060. The van der Waals surface area contributed by atoms with Gasteiger partial charge in [-0.1, -0.05) is 0 Å². The van der Waals surface area contributed by atoms with Gasteiger partial charge in [0, 0.05) is 17.6 Å². The molecule has 4 unspecified atom stereocenters. The molecule has 0 aromatic carbocycles. The number of aliphatic hydroxyl groups excluding tert-OH is 2. The second-order valence-corrected chi connectivity index (χ2v) is 6.72. The lowest BCUT2D eigenvalue weighted by molar-refractivity contribution is -0.0955. The van der Waals surface area contributed by atoms with Crippen molar-refractivity contribution in [3.05, 3.63) is 22.6 Å². The lowest BCUT2D eigenvalue weighted by atomic mass is 9.96. The Morgan fingerprint density at radius 1 is 1.50 bits per heavy atom. The van der Waals surface area contributed by atoms with Crippen molar-refractivity contribution in [3.63, 3.8) is 0 Å². The molecule has 4 rings (SSSR count). The van der Waals surface area contributed by atoms with Crippen LogP contribution in [0.4, 0.5) is 22.1 Å². The molecule has 4 atom stereocenters. The standard InChI is InChI=1S/C16H17N5O7/c1-16(27)11(24)8(4-22)28-14(16)21-3-6-7(19-15(25)26)2-9(23)20-12-10(6)13(21)18-5-17-12/h2-3,5,8,11,14,19,22,24,27H,4H2,1H3,(H,25,26)(H,17,18,20,23). The van der Waals surface area contributed by atoms with Gasteiger partial charge < -0.3 is 35.0 Å². The Morgan fingerprint density at radius 3 is 2.89 bits per heavy atom. The first-order chi connectivity index (χ1) is 13.2. The Balaban J connectivity index is 1.99. The van der Waals surface area contributed by atoms with Crippen molar-refractivity contribution in [2.24, 2.45) is 4.99 Å². The third kappa shape index (κ3) is 2.62. The van der Waals surface area contributed by atoms with E-state index >= 15 is 0 Å². The summed E-state index contributed by atoms with van der Waals surface area (Å²) in [5.41, 5.74) is -2.48. The lowest BCUT2D eigenvalue weighted by Crippen LogP contribution is -2.44. The van der Waals surface area contributed by atoms with Gasteiger partial charge in [0.1, 0.15) is 29.4 Å². The summed E-state index contributed by atoms with van der Waals surface area (Å²) in [6, 6.07) is 1.03. The number of nitrogens with zero attached hydrogens (tertiary/aromatic N) is 3. The largest absolute Gasteiger partial charge is 0.465 e. The van der Waals surface area contributed by atoms with E-state index in [-0.39, 0.29) is 22.7 Å². The quantitative estimate of drug-likeness (QED) is 0.405. The van der Waals surface area contributed by atoms with Gasteiger partial charge in [-0.15, -0.1) is 0 Å². The number of hydrogen-bond acceptors (Lipinski definition) is 9. The first-order valence-corrected chi connectivity index (χ1v) is 8.29. The number of anilines is 2. The number of amides is 1. The van der Waals surface area contributed by atoms with Crippen LogP contribution in [0, 0.1) is 0 Å². The van der Waals surface area contributed by atoms with Crippen molar-refractivity contribution in [1.82, 2.24) is 9.55 Å². The highest BCUT2D eigenvalue weighted by molar-refractivity contribution is 6.12. The van der Waals surface area contributed by atoms with Crippen molar-refractivity contribution < 1.29 is 30.0 Å². The molecule has 12 nitrogen and oxygen atoms in total. The summed E-state index contributed by atoms with van der Waals surface area (Å²) in [6.45, 7) is 0.841. The molecule has 12 heteroatoms. The molecule has 0 spiro atoms. The number of carbonyl (C=O) groups is 1. The molecule has 2 aliphatic rings. The van der Waals surface area contributed by atoms with E-state index in [1.54, 1.807) is 0 Å². The highest BCUT2D eigenvalue weighted by atomic mass is 16.6. The molecule has 1 amide bonds. The number of ether oxygens (including phenoxy) is 1. The van der Waals surface area contributed by atoms with E-state index in [0.717, 1.165) is 6.07 Å². The predicted octanol–water partition coefficient (Wildman–Crippen LogP) is -0.427. The van der Waals surface area contributed by atoms with Crippen LogP contribution in [0.3, 0.4) is 0 Å². The minimum Gasteiger partial charge on any atom is -0.465 e. The van der Waals surface area contributed by atoms with E-state index in [0.29, 0.717) is 5.39 Å².